The van der Waals surface area contributed by atoms with Crippen molar-refractivity contribution < 1.29 is 23.9 Å². The molecular weight excluding hydrogens is 250 g/mol. The van der Waals surface area contributed by atoms with Gasteiger partial charge in [0.25, 0.3) is 0 Å². The molecule has 0 aromatic heterocycles. The molecule has 6 heteroatoms. The molecule has 19 heavy (non-hydrogen) atoms. The monoisotopic (exact) mass is 271 g/mol. The number of carbonyl (C=O) groups excluding carboxylic acids is 3. The van der Waals surface area contributed by atoms with E-state index in [1.165, 1.54) is 0 Å². The fraction of sp³-hybridized carbons (Fsp3) is 0.615. The normalized spacial score (nSPS) is 11.1. The van der Waals surface area contributed by atoms with Crippen molar-refractivity contribution in [3.05, 3.63) is 11.6 Å². The molecule has 0 radical (unpaired) electrons. The first-order chi connectivity index (χ1) is 8.97. The molecule has 0 saturated heterocycles. The van der Waals surface area contributed by atoms with Crippen molar-refractivity contribution in [2.24, 2.45) is 0 Å². The summed E-state index contributed by atoms with van der Waals surface area (Å²) in [6, 6.07) is -1.42. The smallest absolute Gasteiger partial charge is 0.340 e. The number of hydrogen-bond acceptors (Lipinski definition) is 5. The topological polar surface area (TPSA) is 81.7 Å². The molecule has 1 N–H and O–H groups in total. The fourth-order valence-electron chi connectivity index (χ4n) is 1.31. The third-order valence-electron chi connectivity index (χ3n) is 2.19. The molecule has 0 aromatic rings. The Morgan fingerprint density at radius 3 is 1.89 bits per heavy atom. The highest BCUT2D eigenvalue weighted by Gasteiger charge is 2.31. The van der Waals surface area contributed by atoms with E-state index in [-0.39, 0.29) is 13.2 Å². The average molecular weight is 271 g/mol. The SMILES string of the molecule is CC/C=C(\C)C(=O)NC(C(=O)OCC)C(=O)OCC. The summed E-state index contributed by atoms with van der Waals surface area (Å²) < 4.78 is 9.48. The van der Waals surface area contributed by atoms with Crippen LogP contribution >= 0.6 is 0 Å². The van der Waals surface area contributed by atoms with Gasteiger partial charge in [0.2, 0.25) is 11.9 Å². The van der Waals surface area contributed by atoms with Crippen molar-refractivity contribution in [2.45, 2.75) is 40.2 Å². The van der Waals surface area contributed by atoms with Gasteiger partial charge in [-0.05, 0) is 27.2 Å². The van der Waals surface area contributed by atoms with E-state index in [9.17, 15) is 14.4 Å². The molecule has 108 valence electrons. The highest BCUT2D eigenvalue weighted by Crippen LogP contribution is 2.00. The number of nitrogens with one attached hydrogen (secondary N) is 1. The highest BCUT2D eigenvalue weighted by atomic mass is 16.6. The van der Waals surface area contributed by atoms with Crippen molar-refractivity contribution in [1.29, 1.82) is 0 Å². The van der Waals surface area contributed by atoms with Gasteiger partial charge in [-0.25, -0.2) is 9.59 Å². The number of rotatable bonds is 7. The van der Waals surface area contributed by atoms with Crippen LogP contribution in [0.2, 0.25) is 0 Å². The first-order valence-corrected chi connectivity index (χ1v) is 6.28. The summed E-state index contributed by atoms with van der Waals surface area (Å²) in [5, 5.41) is 2.31. The van der Waals surface area contributed by atoms with Gasteiger partial charge in [-0.3, -0.25) is 4.79 Å². The standard InChI is InChI=1S/C13H21NO5/c1-5-8-9(4)11(15)14-10(12(16)18-6-2)13(17)19-7-3/h8,10H,5-7H2,1-4H3,(H,14,15)/b9-8+. The van der Waals surface area contributed by atoms with Gasteiger partial charge in [-0.2, -0.15) is 0 Å². The Morgan fingerprint density at radius 2 is 1.53 bits per heavy atom. The van der Waals surface area contributed by atoms with Crippen LogP contribution in [0.15, 0.2) is 11.6 Å². The number of ether oxygens (including phenoxy) is 2. The van der Waals surface area contributed by atoms with E-state index in [0.717, 1.165) is 0 Å². The van der Waals surface area contributed by atoms with E-state index in [2.05, 4.69) is 5.32 Å². The molecule has 0 atom stereocenters. The Labute approximate surface area is 113 Å². The number of hydrogen-bond donors (Lipinski definition) is 1. The number of allylic oxidation sites excluding steroid dienone is 1. The van der Waals surface area contributed by atoms with Gasteiger partial charge < -0.3 is 14.8 Å². The van der Waals surface area contributed by atoms with E-state index in [0.29, 0.717) is 12.0 Å². The van der Waals surface area contributed by atoms with Gasteiger partial charge in [-0.1, -0.05) is 13.0 Å². The maximum absolute atomic E-state index is 11.8. The minimum Gasteiger partial charge on any atom is -0.464 e. The van der Waals surface area contributed by atoms with E-state index in [4.69, 9.17) is 9.47 Å². The summed E-state index contributed by atoms with van der Waals surface area (Å²) in [7, 11) is 0. The van der Waals surface area contributed by atoms with Crippen molar-refractivity contribution in [2.75, 3.05) is 13.2 Å². The zero-order chi connectivity index (χ0) is 14.8. The van der Waals surface area contributed by atoms with E-state index in [1.54, 1.807) is 26.8 Å². The quantitative estimate of drug-likeness (QED) is 0.423. The molecule has 1 amide bonds. The molecule has 0 spiro atoms. The summed E-state index contributed by atoms with van der Waals surface area (Å²) in [6.45, 7) is 6.95. The Kier molecular flexibility index (Phi) is 8.24. The molecule has 0 heterocycles. The van der Waals surface area contributed by atoms with Crippen LogP contribution < -0.4 is 5.32 Å². The second kappa shape index (κ2) is 9.13. The summed E-state index contributed by atoms with van der Waals surface area (Å²) >= 11 is 0. The summed E-state index contributed by atoms with van der Waals surface area (Å²) in [4.78, 5) is 35.0. The lowest BCUT2D eigenvalue weighted by Crippen LogP contribution is -2.48. The second-order valence-electron chi connectivity index (χ2n) is 3.71. The largest absolute Gasteiger partial charge is 0.464 e. The fourth-order valence-corrected chi connectivity index (χ4v) is 1.31. The molecule has 0 aliphatic rings. The van der Waals surface area contributed by atoms with Crippen LogP contribution in [0, 0.1) is 0 Å². The summed E-state index contributed by atoms with van der Waals surface area (Å²) in [6.07, 6.45) is 2.38. The molecule has 0 rings (SSSR count). The predicted octanol–water partition coefficient (Wildman–Crippen LogP) is 0.954. The van der Waals surface area contributed by atoms with Gasteiger partial charge in [0, 0.05) is 5.57 Å². The van der Waals surface area contributed by atoms with Crippen molar-refractivity contribution in [3.63, 3.8) is 0 Å². The van der Waals surface area contributed by atoms with E-state index in [1.807, 2.05) is 6.92 Å². The van der Waals surface area contributed by atoms with Gasteiger partial charge in [0.15, 0.2) is 0 Å². The van der Waals surface area contributed by atoms with Gasteiger partial charge >= 0.3 is 11.9 Å². The average Bonchev–Trinajstić information content (AvgIpc) is 2.36. The van der Waals surface area contributed by atoms with Crippen LogP contribution in [0.4, 0.5) is 0 Å². The predicted molar refractivity (Wildman–Crippen MR) is 69.2 cm³/mol. The molecule has 6 nitrogen and oxygen atoms in total. The molecular formula is C13H21NO5. The number of esters is 2. The third kappa shape index (κ3) is 6.03. The van der Waals surface area contributed by atoms with Crippen molar-refractivity contribution in [1.82, 2.24) is 5.32 Å². The zero-order valence-corrected chi connectivity index (χ0v) is 11.8. The maximum atomic E-state index is 11.8. The lowest BCUT2D eigenvalue weighted by atomic mass is 10.2. The van der Waals surface area contributed by atoms with Gasteiger partial charge in [0.05, 0.1) is 13.2 Å². The summed E-state index contributed by atoms with van der Waals surface area (Å²) in [5.74, 6) is -2.13. The zero-order valence-electron chi connectivity index (χ0n) is 11.8. The van der Waals surface area contributed by atoms with Crippen LogP contribution in [0.25, 0.3) is 0 Å². The maximum Gasteiger partial charge on any atom is 0.340 e. The second-order valence-corrected chi connectivity index (χ2v) is 3.71. The van der Waals surface area contributed by atoms with Crippen LogP contribution in [0.3, 0.4) is 0 Å². The Balaban J connectivity index is 4.85. The Bertz CT molecular complexity index is 344. The van der Waals surface area contributed by atoms with Gasteiger partial charge in [-0.15, -0.1) is 0 Å². The first-order valence-electron chi connectivity index (χ1n) is 6.28. The Hall–Kier alpha value is -1.85. The molecule has 0 aromatic carbocycles. The first kappa shape index (κ1) is 17.2. The van der Waals surface area contributed by atoms with Crippen LogP contribution in [0.1, 0.15) is 34.1 Å². The highest BCUT2D eigenvalue weighted by molar-refractivity contribution is 6.05. The summed E-state index contributed by atoms with van der Waals surface area (Å²) in [5.41, 5.74) is 0.432. The van der Waals surface area contributed by atoms with E-state index >= 15 is 0 Å². The number of carbonyl (C=O) groups is 3. The molecule has 0 saturated carbocycles. The molecule has 0 aliphatic heterocycles. The van der Waals surface area contributed by atoms with Crippen LogP contribution in [-0.4, -0.2) is 37.1 Å². The van der Waals surface area contributed by atoms with Gasteiger partial charge in [0.1, 0.15) is 0 Å². The number of amides is 1. The molecule has 0 fully saturated rings. The van der Waals surface area contributed by atoms with Crippen LogP contribution in [0.5, 0.6) is 0 Å². The molecule has 0 unspecified atom stereocenters. The Morgan fingerprint density at radius 1 is 1.05 bits per heavy atom. The lowest BCUT2D eigenvalue weighted by molar-refractivity contribution is -0.159. The van der Waals surface area contributed by atoms with Crippen LogP contribution in [-0.2, 0) is 23.9 Å². The van der Waals surface area contributed by atoms with Crippen molar-refractivity contribution >= 4 is 17.8 Å². The van der Waals surface area contributed by atoms with E-state index < -0.39 is 23.9 Å². The minimum absolute atomic E-state index is 0.119. The molecule has 0 bridgehead atoms. The lowest BCUT2D eigenvalue weighted by Gasteiger charge is -2.16. The third-order valence-corrected chi connectivity index (χ3v) is 2.19. The van der Waals surface area contributed by atoms with Crippen molar-refractivity contribution in [3.8, 4) is 0 Å². The minimum atomic E-state index is -1.42. The molecule has 0 aliphatic carbocycles.